The average Bonchev–Trinajstić information content (AvgIpc) is 3.53. The Balaban J connectivity index is 1.43. The van der Waals surface area contributed by atoms with Crippen LogP contribution in [0.25, 0.3) is 0 Å². The fourth-order valence-electron chi connectivity index (χ4n) is 5.00. The molecule has 0 bridgehead atoms. The van der Waals surface area contributed by atoms with Crippen LogP contribution in [0.15, 0.2) is 47.8 Å². The van der Waals surface area contributed by atoms with Crippen LogP contribution in [0.3, 0.4) is 0 Å². The normalized spacial score (nSPS) is 14.9. The minimum Gasteiger partial charge on any atom is -0.497 e. The predicted octanol–water partition coefficient (Wildman–Crippen LogP) is 6.11. The molecule has 0 spiro atoms. The first-order chi connectivity index (χ1) is 16.1. The second kappa shape index (κ2) is 10.5. The van der Waals surface area contributed by atoms with Crippen molar-refractivity contribution in [3.8, 4) is 5.75 Å². The molecule has 1 N–H and O–H groups in total. The first-order valence-electron chi connectivity index (χ1n) is 12.0. The zero-order chi connectivity index (χ0) is 23.3. The van der Waals surface area contributed by atoms with Crippen LogP contribution in [-0.4, -0.2) is 24.5 Å². The number of aromatic nitrogens is 1. The van der Waals surface area contributed by atoms with E-state index in [1.807, 2.05) is 29.6 Å². The highest BCUT2D eigenvalue weighted by atomic mass is 32.1. The van der Waals surface area contributed by atoms with Gasteiger partial charge in [0.15, 0.2) is 0 Å². The molecule has 0 unspecified atom stereocenters. The number of nitrogens with one attached hydrogen (secondary N) is 1. The lowest BCUT2D eigenvalue weighted by Crippen LogP contribution is -2.39. The van der Waals surface area contributed by atoms with Crippen LogP contribution < -0.4 is 10.1 Å². The molecule has 2 aromatic carbocycles. The molecule has 1 heterocycles. The van der Waals surface area contributed by atoms with Crippen LogP contribution in [0, 0.1) is 0 Å². The second-order valence-corrected chi connectivity index (χ2v) is 9.95. The third-order valence-corrected chi connectivity index (χ3v) is 7.88. The van der Waals surface area contributed by atoms with Gasteiger partial charge in [-0.2, -0.15) is 0 Å². The smallest absolute Gasteiger partial charge is 0.270 e. The Morgan fingerprint density at radius 1 is 1.06 bits per heavy atom. The Morgan fingerprint density at radius 2 is 1.79 bits per heavy atom. The average molecular weight is 463 g/mol. The van der Waals surface area contributed by atoms with E-state index < -0.39 is 0 Å². The fraction of sp³-hybridized carbons (Fsp3) is 0.429. The molecule has 33 heavy (non-hydrogen) atoms. The molecular formula is C28H34N2O2S. The molecule has 0 aliphatic heterocycles. The largest absolute Gasteiger partial charge is 0.497 e. The topological polar surface area (TPSA) is 51.2 Å². The number of aryl methyl sites for hydroxylation is 2. The van der Waals surface area contributed by atoms with Gasteiger partial charge in [0, 0.05) is 23.8 Å². The van der Waals surface area contributed by atoms with E-state index in [0.717, 1.165) is 48.4 Å². The lowest BCUT2D eigenvalue weighted by atomic mass is 9.77. The highest BCUT2D eigenvalue weighted by Gasteiger charge is 2.36. The van der Waals surface area contributed by atoms with Gasteiger partial charge in [0.2, 0.25) is 0 Å². The molecule has 0 saturated heterocycles. The van der Waals surface area contributed by atoms with Gasteiger partial charge in [0.05, 0.1) is 12.1 Å². The molecule has 1 aliphatic rings. The van der Waals surface area contributed by atoms with E-state index in [0.29, 0.717) is 12.2 Å². The molecule has 174 valence electrons. The fourth-order valence-corrected chi connectivity index (χ4v) is 5.81. The van der Waals surface area contributed by atoms with Crippen molar-refractivity contribution in [2.75, 3.05) is 13.7 Å². The van der Waals surface area contributed by atoms with Crippen LogP contribution in [0.2, 0.25) is 0 Å². The zero-order valence-corrected chi connectivity index (χ0v) is 20.8. The molecule has 1 fully saturated rings. The van der Waals surface area contributed by atoms with Gasteiger partial charge in [0.1, 0.15) is 11.4 Å². The van der Waals surface area contributed by atoms with E-state index in [4.69, 9.17) is 4.74 Å². The molecule has 1 aromatic heterocycles. The standard InChI is InChI=1S/C28H34N2O2S/c1-4-21-10-11-23(17-22(21)5-2)28(14-6-7-15-28)19-29-27(31)25-18-33-26(30-25)16-20-8-12-24(32-3)13-9-20/h8-13,17-18H,4-7,14-16,19H2,1-3H3,(H,29,31). The van der Waals surface area contributed by atoms with E-state index >= 15 is 0 Å². The SMILES string of the molecule is CCc1ccc(C2(CNC(=O)c3csc(Cc4ccc(OC)cc4)n3)CCCC2)cc1CC. The van der Waals surface area contributed by atoms with Crippen molar-refractivity contribution in [2.24, 2.45) is 0 Å². The van der Waals surface area contributed by atoms with E-state index in [2.05, 4.69) is 42.3 Å². The summed E-state index contributed by atoms with van der Waals surface area (Å²) in [7, 11) is 1.67. The number of methoxy groups -OCH3 is 1. The van der Waals surface area contributed by atoms with Crippen molar-refractivity contribution in [3.63, 3.8) is 0 Å². The number of hydrogen-bond donors (Lipinski definition) is 1. The predicted molar refractivity (Wildman–Crippen MR) is 136 cm³/mol. The number of amides is 1. The maximum absolute atomic E-state index is 13.0. The van der Waals surface area contributed by atoms with Crippen molar-refractivity contribution >= 4 is 17.2 Å². The first-order valence-corrected chi connectivity index (χ1v) is 12.9. The Bertz CT molecular complexity index is 1080. The van der Waals surface area contributed by atoms with Gasteiger partial charge in [-0.15, -0.1) is 11.3 Å². The number of thiazole rings is 1. The summed E-state index contributed by atoms with van der Waals surface area (Å²) in [5.41, 5.74) is 5.97. The maximum Gasteiger partial charge on any atom is 0.270 e. The van der Waals surface area contributed by atoms with Crippen LogP contribution >= 0.6 is 11.3 Å². The first kappa shape index (κ1) is 23.5. The summed E-state index contributed by atoms with van der Waals surface area (Å²) in [4.78, 5) is 17.6. The summed E-state index contributed by atoms with van der Waals surface area (Å²) in [6.07, 6.45) is 7.52. The van der Waals surface area contributed by atoms with E-state index in [-0.39, 0.29) is 11.3 Å². The molecule has 1 amide bonds. The number of ether oxygens (including phenoxy) is 1. The number of rotatable bonds is 9. The minimum atomic E-state index is -0.0700. The van der Waals surface area contributed by atoms with Crippen molar-refractivity contribution in [1.29, 1.82) is 0 Å². The molecule has 5 heteroatoms. The number of hydrogen-bond acceptors (Lipinski definition) is 4. The highest BCUT2D eigenvalue weighted by Crippen LogP contribution is 2.41. The van der Waals surface area contributed by atoms with Gasteiger partial charge in [-0.25, -0.2) is 4.98 Å². The summed E-state index contributed by atoms with van der Waals surface area (Å²) >= 11 is 1.54. The Hall–Kier alpha value is -2.66. The molecule has 0 atom stereocenters. The van der Waals surface area contributed by atoms with Crippen molar-refractivity contribution < 1.29 is 9.53 Å². The van der Waals surface area contributed by atoms with Gasteiger partial charge in [-0.3, -0.25) is 4.79 Å². The van der Waals surface area contributed by atoms with Gasteiger partial charge in [-0.1, -0.05) is 57.0 Å². The monoisotopic (exact) mass is 462 g/mol. The van der Waals surface area contributed by atoms with Crippen LogP contribution in [0.1, 0.15) is 77.3 Å². The molecule has 1 aliphatic carbocycles. The summed E-state index contributed by atoms with van der Waals surface area (Å²) in [5, 5.41) is 6.05. The third-order valence-electron chi connectivity index (χ3n) is 7.03. The lowest BCUT2D eigenvalue weighted by molar-refractivity contribution is 0.0938. The maximum atomic E-state index is 13.0. The molecule has 3 aromatic rings. The molecule has 0 radical (unpaired) electrons. The second-order valence-electron chi connectivity index (χ2n) is 9.01. The number of nitrogens with zero attached hydrogens (tertiary/aromatic N) is 1. The van der Waals surface area contributed by atoms with Crippen LogP contribution in [0.4, 0.5) is 0 Å². The number of carbonyl (C=O) groups excluding carboxylic acids is 1. The van der Waals surface area contributed by atoms with Crippen molar-refractivity contribution in [2.45, 2.75) is 64.2 Å². The van der Waals surface area contributed by atoms with Crippen LogP contribution in [-0.2, 0) is 24.7 Å². The summed E-state index contributed by atoms with van der Waals surface area (Å²) < 4.78 is 5.22. The van der Waals surface area contributed by atoms with Crippen molar-refractivity contribution in [3.05, 3.63) is 80.8 Å². The summed E-state index contributed by atoms with van der Waals surface area (Å²) in [6.45, 7) is 5.12. The van der Waals surface area contributed by atoms with Gasteiger partial charge < -0.3 is 10.1 Å². The van der Waals surface area contributed by atoms with Gasteiger partial charge in [-0.05, 0) is 60.1 Å². The van der Waals surface area contributed by atoms with Crippen LogP contribution in [0.5, 0.6) is 5.75 Å². The number of benzene rings is 2. The summed E-state index contributed by atoms with van der Waals surface area (Å²) in [6, 6.07) is 15.0. The lowest BCUT2D eigenvalue weighted by Gasteiger charge is -2.31. The minimum absolute atomic E-state index is 0.0355. The van der Waals surface area contributed by atoms with Gasteiger partial charge >= 0.3 is 0 Å². The van der Waals surface area contributed by atoms with Crippen molar-refractivity contribution in [1.82, 2.24) is 10.3 Å². The molecule has 4 nitrogen and oxygen atoms in total. The zero-order valence-electron chi connectivity index (χ0n) is 19.9. The Morgan fingerprint density at radius 3 is 2.45 bits per heavy atom. The quantitative estimate of drug-likeness (QED) is 0.417. The molecule has 4 rings (SSSR count). The van der Waals surface area contributed by atoms with E-state index in [1.165, 1.54) is 29.5 Å². The third kappa shape index (κ3) is 5.30. The summed E-state index contributed by atoms with van der Waals surface area (Å²) in [5.74, 6) is 0.772. The highest BCUT2D eigenvalue weighted by molar-refractivity contribution is 7.09. The Kier molecular flexibility index (Phi) is 7.49. The van der Waals surface area contributed by atoms with E-state index in [1.54, 1.807) is 18.4 Å². The molecular weight excluding hydrogens is 428 g/mol. The van der Waals surface area contributed by atoms with Gasteiger partial charge in [0.25, 0.3) is 5.91 Å². The Labute approximate surface area is 201 Å². The molecule has 1 saturated carbocycles. The number of carbonyl (C=O) groups is 1. The van der Waals surface area contributed by atoms with E-state index in [9.17, 15) is 4.79 Å².